The minimum atomic E-state index is -0.899. The van der Waals surface area contributed by atoms with Gasteiger partial charge in [-0.05, 0) is 110 Å². The number of aliphatic hydroxyl groups excluding tert-OH is 3. The third kappa shape index (κ3) is 3.90. The Kier molecular flexibility index (Phi) is 6.85. The zero-order valence-electron chi connectivity index (χ0n) is 25.3. The Morgan fingerprint density at radius 1 is 0.949 bits per heavy atom. The molecule has 220 valence electrons. The van der Waals surface area contributed by atoms with Gasteiger partial charge < -0.3 is 20.1 Å². The van der Waals surface area contributed by atoms with Crippen molar-refractivity contribution in [3.05, 3.63) is 11.6 Å². The summed E-state index contributed by atoms with van der Waals surface area (Å²) >= 11 is 0. The molecule has 6 nitrogen and oxygen atoms in total. The van der Waals surface area contributed by atoms with Crippen molar-refractivity contribution < 1.29 is 29.6 Å². The highest BCUT2D eigenvalue weighted by Gasteiger charge is 2.70. The standard InChI is InChI=1S/C33H52O6/c1-28(2)24-8-11-33(7)26(31(24,5)10-9-25(28)37)23(36)16-21-22-17-30(4,27(38)39-20(18-34)19-35)13-12-29(22,3)14-15-32(21,33)6/h16,20,22,24-26,34-35,37H,8-15,17-19H2,1-7H3/t22-,24?,25+,26?,29-,30+,31+,32-,33-/m1/s1. The highest BCUT2D eigenvalue weighted by Crippen LogP contribution is 2.75. The average molecular weight is 545 g/mol. The van der Waals surface area contributed by atoms with Crippen molar-refractivity contribution in [1.82, 2.24) is 0 Å². The number of hydrogen-bond donors (Lipinski definition) is 3. The van der Waals surface area contributed by atoms with E-state index in [1.807, 2.05) is 13.0 Å². The predicted molar refractivity (Wildman–Crippen MR) is 149 cm³/mol. The second kappa shape index (κ2) is 9.13. The van der Waals surface area contributed by atoms with E-state index in [9.17, 15) is 24.9 Å². The van der Waals surface area contributed by atoms with Gasteiger partial charge in [0.15, 0.2) is 5.78 Å². The number of esters is 1. The van der Waals surface area contributed by atoms with Crippen LogP contribution >= 0.6 is 0 Å². The number of fused-ring (bicyclic) bond motifs is 7. The number of carbonyl (C=O) groups excluding carboxylic acids is 2. The number of ketones is 1. The fourth-order valence-corrected chi connectivity index (χ4v) is 10.8. The maximum absolute atomic E-state index is 14.4. The van der Waals surface area contributed by atoms with E-state index in [-0.39, 0.29) is 56.8 Å². The van der Waals surface area contributed by atoms with Crippen molar-refractivity contribution in [1.29, 1.82) is 0 Å². The molecule has 6 heteroatoms. The first-order valence-electron chi connectivity index (χ1n) is 15.4. The summed E-state index contributed by atoms with van der Waals surface area (Å²) in [6.07, 6.45) is 8.77. The molecule has 0 radical (unpaired) electrons. The molecule has 5 aliphatic carbocycles. The molecule has 0 amide bonds. The van der Waals surface area contributed by atoms with Crippen LogP contribution in [0.5, 0.6) is 0 Å². The topological polar surface area (TPSA) is 104 Å². The first kappa shape index (κ1) is 29.3. The van der Waals surface area contributed by atoms with Gasteiger partial charge in [0, 0.05) is 5.92 Å². The zero-order chi connectivity index (χ0) is 28.8. The molecule has 9 atom stereocenters. The molecule has 5 rings (SSSR count). The molecule has 0 aliphatic heterocycles. The molecule has 4 saturated carbocycles. The molecular formula is C33H52O6. The van der Waals surface area contributed by atoms with E-state index in [0.29, 0.717) is 18.8 Å². The molecule has 0 aromatic heterocycles. The van der Waals surface area contributed by atoms with Crippen LogP contribution in [-0.4, -0.2) is 52.5 Å². The predicted octanol–water partition coefficient (Wildman–Crippen LogP) is 5.22. The molecule has 0 aromatic rings. The average Bonchev–Trinajstić information content (AvgIpc) is 2.87. The smallest absolute Gasteiger partial charge is 0.312 e. The Morgan fingerprint density at radius 3 is 2.23 bits per heavy atom. The van der Waals surface area contributed by atoms with E-state index in [1.165, 1.54) is 5.57 Å². The molecule has 5 aliphatic rings. The molecule has 0 aromatic carbocycles. The van der Waals surface area contributed by atoms with Crippen molar-refractivity contribution in [2.24, 2.45) is 50.2 Å². The van der Waals surface area contributed by atoms with Gasteiger partial charge in [-0.2, -0.15) is 0 Å². The van der Waals surface area contributed by atoms with Crippen LogP contribution in [0.15, 0.2) is 11.6 Å². The van der Waals surface area contributed by atoms with Crippen LogP contribution in [-0.2, 0) is 14.3 Å². The van der Waals surface area contributed by atoms with Gasteiger partial charge >= 0.3 is 5.97 Å². The highest BCUT2D eigenvalue weighted by molar-refractivity contribution is 5.95. The Bertz CT molecular complexity index is 1060. The monoisotopic (exact) mass is 544 g/mol. The van der Waals surface area contributed by atoms with Crippen LogP contribution in [0, 0.1) is 50.2 Å². The minimum absolute atomic E-state index is 0.0278. The van der Waals surface area contributed by atoms with E-state index in [4.69, 9.17) is 4.74 Å². The normalized spacial score (nSPS) is 48.8. The Hall–Kier alpha value is -1.24. The summed E-state index contributed by atoms with van der Waals surface area (Å²) in [6.45, 7) is 15.0. The van der Waals surface area contributed by atoms with Crippen LogP contribution in [0.25, 0.3) is 0 Å². The van der Waals surface area contributed by atoms with Crippen molar-refractivity contribution >= 4 is 11.8 Å². The van der Waals surface area contributed by atoms with Crippen molar-refractivity contribution in [2.75, 3.05) is 13.2 Å². The molecule has 0 saturated heterocycles. The van der Waals surface area contributed by atoms with Gasteiger partial charge in [-0.15, -0.1) is 0 Å². The van der Waals surface area contributed by atoms with Gasteiger partial charge in [0.05, 0.1) is 24.7 Å². The quantitative estimate of drug-likeness (QED) is 0.419. The van der Waals surface area contributed by atoms with Crippen LogP contribution < -0.4 is 0 Å². The number of hydrogen-bond acceptors (Lipinski definition) is 6. The molecule has 3 N–H and O–H groups in total. The van der Waals surface area contributed by atoms with Gasteiger partial charge in [0.25, 0.3) is 0 Å². The third-order valence-corrected chi connectivity index (χ3v) is 13.7. The molecule has 0 bridgehead atoms. The summed E-state index contributed by atoms with van der Waals surface area (Å²) in [6, 6.07) is 0. The van der Waals surface area contributed by atoms with Crippen LogP contribution in [0.4, 0.5) is 0 Å². The van der Waals surface area contributed by atoms with E-state index < -0.39 is 24.7 Å². The van der Waals surface area contributed by atoms with Crippen molar-refractivity contribution in [2.45, 2.75) is 118 Å². The summed E-state index contributed by atoms with van der Waals surface area (Å²) in [7, 11) is 0. The SMILES string of the molecule is CC1(C)C2CC[C@]3(C)C(C(=O)C=C4[C@H]5C[C@@](C)(C(=O)OC(CO)CO)CC[C@]5(C)CC[C@]43C)[C@@]2(C)CC[C@@H]1O. The summed E-state index contributed by atoms with van der Waals surface area (Å²) in [5.74, 6) is 0.253. The maximum Gasteiger partial charge on any atom is 0.312 e. The van der Waals surface area contributed by atoms with Gasteiger partial charge in [-0.25, -0.2) is 0 Å². The molecule has 0 heterocycles. The summed E-state index contributed by atoms with van der Waals surface area (Å²) in [5.41, 5.74) is -0.113. The Labute approximate surface area is 235 Å². The number of aliphatic hydroxyl groups is 3. The molecule has 4 fully saturated rings. The van der Waals surface area contributed by atoms with E-state index in [2.05, 4.69) is 41.5 Å². The first-order valence-corrected chi connectivity index (χ1v) is 15.4. The summed E-state index contributed by atoms with van der Waals surface area (Å²) in [4.78, 5) is 27.8. The van der Waals surface area contributed by atoms with E-state index in [0.717, 1.165) is 44.9 Å². The number of ether oxygens (including phenoxy) is 1. The molecular weight excluding hydrogens is 492 g/mol. The lowest BCUT2D eigenvalue weighted by Crippen LogP contribution is -2.66. The summed E-state index contributed by atoms with van der Waals surface area (Å²) in [5, 5.41) is 29.9. The lowest BCUT2D eigenvalue weighted by molar-refractivity contribution is -0.202. The number of carbonyl (C=O) groups is 2. The maximum atomic E-state index is 14.4. The third-order valence-electron chi connectivity index (χ3n) is 13.7. The largest absolute Gasteiger partial charge is 0.457 e. The van der Waals surface area contributed by atoms with Crippen LogP contribution in [0.1, 0.15) is 106 Å². The minimum Gasteiger partial charge on any atom is -0.457 e. The highest BCUT2D eigenvalue weighted by atomic mass is 16.6. The Balaban J connectivity index is 1.54. The second-order valence-electron chi connectivity index (χ2n) is 16.0. The van der Waals surface area contributed by atoms with Crippen LogP contribution in [0.2, 0.25) is 0 Å². The fourth-order valence-electron chi connectivity index (χ4n) is 10.8. The van der Waals surface area contributed by atoms with Gasteiger partial charge in [-0.3, -0.25) is 9.59 Å². The summed E-state index contributed by atoms with van der Waals surface area (Å²) < 4.78 is 5.55. The van der Waals surface area contributed by atoms with Crippen molar-refractivity contribution in [3.8, 4) is 0 Å². The van der Waals surface area contributed by atoms with Crippen molar-refractivity contribution in [3.63, 3.8) is 0 Å². The second-order valence-corrected chi connectivity index (χ2v) is 16.0. The number of allylic oxidation sites excluding steroid dienone is 2. The van der Waals surface area contributed by atoms with Gasteiger partial charge in [-0.1, -0.05) is 47.1 Å². The zero-order valence-corrected chi connectivity index (χ0v) is 25.3. The fraction of sp³-hybridized carbons (Fsp3) is 0.879. The lowest BCUT2D eigenvalue weighted by atomic mass is 9.33. The van der Waals surface area contributed by atoms with Gasteiger partial charge in [0.2, 0.25) is 0 Å². The molecule has 0 spiro atoms. The van der Waals surface area contributed by atoms with Gasteiger partial charge in [0.1, 0.15) is 6.10 Å². The molecule has 39 heavy (non-hydrogen) atoms. The van der Waals surface area contributed by atoms with Crippen LogP contribution in [0.3, 0.4) is 0 Å². The number of rotatable bonds is 4. The Morgan fingerprint density at radius 2 is 1.59 bits per heavy atom. The lowest BCUT2D eigenvalue weighted by Gasteiger charge is -2.70. The molecule has 2 unspecified atom stereocenters. The van der Waals surface area contributed by atoms with E-state index >= 15 is 0 Å². The van der Waals surface area contributed by atoms with E-state index in [1.54, 1.807) is 0 Å². The first-order chi connectivity index (χ1) is 18.0.